The zero-order chi connectivity index (χ0) is 12.8. The lowest BCUT2D eigenvalue weighted by Gasteiger charge is -2.23. The van der Waals surface area contributed by atoms with Crippen molar-refractivity contribution in [2.24, 2.45) is 5.92 Å². The lowest BCUT2D eigenvalue weighted by molar-refractivity contribution is 0.295. The van der Waals surface area contributed by atoms with Gasteiger partial charge in [-0.1, -0.05) is 37.5 Å². The molecular formula is C16H22O2. The van der Waals surface area contributed by atoms with Gasteiger partial charge in [-0.2, -0.15) is 0 Å². The Morgan fingerprint density at radius 2 is 1.89 bits per heavy atom. The van der Waals surface area contributed by atoms with Crippen LogP contribution in [0.4, 0.5) is 0 Å². The van der Waals surface area contributed by atoms with E-state index < -0.39 is 0 Å². The van der Waals surface area contributed by atoms with Crippen molar-refractivity contribution in [3.8, 4) is 5.75 Å². The highest BCUT2D eigenvalue weighted by Gasteiger charge is 2.17. The summed E-state index contributed by atoms with van der Waals surface area (Å²) >= 11 is 0. The van der Waals surface area contributed by atoms with Gasteiger partial charge >= 0.3 is 0 Å². The molecule has 2 rings (SSSR count). The van der Waals surface area contributed by atoms with Crippen LogP contribution in [0.15, 0.2) is 29.8 Å². The fraction of sp³-hybridized carbons (Fsp3) is 0.500. The largest absolute Gasteiger partial charge is 0.497 e. The average molecular weight is 246 g/mol. The van der Waals surface area contributed by atoms with Gasteiger partial charge in [0.25, 0.3) is 0 Å². The number of hydrogen-bond donors (Lipinski definition) is 1. The van der Waals surface area contributed by atoms with Crippen molar-refractivity contribution in [2.75, 3.05) is 13.7 Å². The molecule has 1 N–H and O–H groups in total. The van der Waals surface area contributed by atoms with Crippen molar-refractivity contribution in [3.63, 3.8) is 0 Å². The molecule has 18 heavy (non-hydrogen) atoms. The molecule has 98 valence electrons. The van der Waals surface area contributed by atoms with E-state index in [1.807, 2.05) is 24.3 Å². The molecule has 1 aromatic rings. The average Bonchev–Trinajstić information content (AvgIpc) is 2.46. The summed E-state index contributed by atoms with van der Waals surface area (Å²) in [7, 11) is 1.67. The van der Waals surface area contributed by atoms with Crippen LogP contribution < -0.4 is 4.74 Å². The van der Waals surface area contributed by atoms with Gasteiger partial charge in [-0.25, -0.2) is 0 Å². The summed E-state index contributed by atoms with van der Waals surface area (Å²) in [6.45, 7) is 0.177. The van der Waals surface area contributed by atoms with Crippen molar-refractivity contribution in [3.05, 3.63) is 35.4 Å². The summed E-state index contributed by atoms with van der Waals surface area (Å²) in [5, 5.41) is 9.55. The molecular weight excluding hydrogens is 224 g/mol. The molecule has 0 spiro atoms. The molecule has 0 heterocycles. The molecule has 1 aliphatic carbocycles. The Balaban J connectivity index is 2.11. The highest BCUT2D eigenvalue weighted by atomic mass is 16.5. The van der Waals surface area contributed by atoms with Crippen molar-refractivity contribution in [1.82, 2.24) is 0 Å². The van der Waals surface area contributed by atoms with Crippen molar-refractivity contribution >= 4 is 6.08 Å². The van der Waals surface area contributed by atoms with Gasteiger partial charge in [0.1, 0.15) is 5.75 Å². The summed E-state index contributed by atoms with van der Waals surface area (Å²) in [5.74, 6) is 1.45. The van der Waals surface area contributed by atoms with E-state index in [1.54, 1.807) is 7.11 Å². The zero-order valence-corrected chi connectivity index (χ0v) is 11.1. The number of benzene rings is 1. The second-order valence-corrected chi connectivity index (χ2v) is 4.99. The van der Waals surface area contributed by atoms with Gasteiger partial charge in [0.2, 0.25) is 0 Å². The van der Waals surface area contributed by atoms with Crippen LogP contribution >= 0.6 is 0 Å². The fourth-order valence-electron chi connectivity index (χ4n) is 2.68. The molecule has 1 aliphatic rings. The first-order valence-electron chi connectivity index (χ1n) is 6.79. The van der Waals surface area contributed by atoms with E-state index in [0.29, 0.717) is 5.92 Å². The molecule has 2 nitrogen and oxygen atoms in total. The summed E-state index contributed by atoms with van der Waals surface area (Å²) in [6.07, 6.45) is 8.52. The highest BCUT2D eigenvalue weighted by molar-refractivity contribution is 5.54. The van der Waals surface area contributed by atoms with Crippen LogP contribution in [-0.4, -0.2) is 18.8 Å². The predicted molar refractivity (Wildman–Crippen MR) is 74.6 cm³/mol. The van der Waals surface area contributed by atoms with Crippen molar-refractivity contribution in [1.29, 1.82) is 0 Å². The Morgan fingerprint density at radius 3 is 2.44 bits per heavy atom. The van der Waals surface area contributed by atoms with Crippen molar-refractivity contribution < 1.29 is 9.84 Å². The molecule has 1 saturated carbocycles. The van der Waals surface area contributed by atoms with Crippen LogP contribution in [-0.2, 0) is 0 Å². The molecule has 0 amide bonds. The van der Waals surface area contributed by atoms with E-state index >= 15 is 0 Å². The van der Waals surface area contributed by atoms with Crippen LogP contribution in [0.3, 0.4) is 0 Å². The molecule has 1 aromatic carbocycles. The monoisotopic (exact) mass is 246 g/mol. The van der Waals surface area contributed by atoms with Gasteiger partial charge in [0.15, 0.2) is 0 Å². The Labute approximate surface area is 109 Å². The summed E-state index contributed by atoms with van der Waals surface area (Å²) < 4.78 is 5.15. The lowest BCUT2D eigenvalue weighted by atomic mass is 9.83. The number of aliphatic hydroxyl groups is 1. The lowest BCUT2D eigenvalue weighted by Crippen LogP contribution is -2.11. The maximum Gasteiger partial charge on any atom is 0.118 e. The first kappa shape index (κ1) is 13.2. The Kier molecular flexibility index (Phi) is 4.82. The van der Waals surface area contributed by atoms with Crippen LogP contribution in [0, 0.1) is 5.92 Å². The zero-order valence-electron chi connectivity index (χ0n) is 11.1. The van der Waals surface area contributed by atoms with Crippen LogP contribution in [0.25, 0.3) is 6.08 Å². The van der Waals surface area contributed by atoms with Gasteiger partial charge in [-0.15, -0.1) is 0 Å². The highest BCUT2D eigenvalue weighted by Crippen LogP contribution is 2.30. The fourth-order valence-corrected chi connectivity index (χ4v) is 2.68. The van der Waals surface area contributed by atoms with Crippen molar-refractivity contribution in [2.45, 2.75) is 32.1 Å². The predicted octanol–water partition coefficient (Wildman–Crippen LogP) is 3.65. The Bertz CT molecular complexity index is 386. The molecule has 0 unspecified atom stereocenters. The van der Waals surface area contributed by atoms with E-state index in [-0.39, 0.29) is 6.61 Å². The minimum absolute atomic E-state index is 0.177. The minimum Gasteiger partial charge on any atom is -0.497 e. The van der Waals surface area contributed by atoms with E-state index in [9.17, 15) is 5.11 Å². The quantitative estimate of drug-likeness (QED) is 0.878. The molecule has 1 fully saturated rings. The second-order valence-electron chi connectivity index (χ2n) is 4.99. The van der Waals surface area contributed by atoms with E-state index in [1.165, 1.54) is 37.7 Å². The van der Waals surface area contributed by atoms with Gasteiger partial charge in [-0.3, -0.25) is 0 Å². The molecule has 0 atom stereocenters. The number of hydrogen-bond acceptors (Lipinski definition) is 2. The van der Waals surface area contributed by atoms with E-state index in [2.05, 4.69) is 6.08 Å². The number of aliphatic hydroxyl groups excluding tert-OH is 1. The first-order valence-corrected chi connectivity index (χ1v) is 6.79. The standard InChI is InChI=1S/C16H22O2/c1-18-16-9-7-13(8-10-16)11-15(12-17)14-5-3-2-4-6-14/h7-11,14,17H,2-6,12H2,1H3. The number of rotatable bonds is 4. The third-order valence-corrected chi connectivity index (χ3v) is 3.78. The Morgan fingerprint density at radius 1 is 1.22 bits per heavy atom. The summed E-state index contributed by atoms with van der Waals surface area (Å²) in [4.78, 5) is 0. The molecule has 0 aliphatic heterocycles. The molecule has 2 heteroatoms. The second kappa shape index (κ2) is 6.60. The smallest absolute Gasteiger partial charge is 0.118 e. The molecule has 0 radical (unpaired) electrons. The normalized spacial score (nSPS) is 17.8. The third kappa shape index (κ3) is 3.36. The molecule has 0 saturated heterocycles. The van der Waals surface area contributed by atoms with Crippen LogP contribution in [0.2, 0.25) is 0 Å². The summed E-state index contributed by atoms with van der Waals surface area (Å²) in [5.41, 5.74) is 2.32. The SMILES string of the molecule is COc1ccc(C=C(CO)C2CCCCC2)cc1. The number of ether oxygens (including phenoxy) is 1. The van der Waals surface area contributed by atoms with E-state index in [4.69, 9.17) is 4.74 Å². The van der Waals surface area contributed by atoms with Gasteiger partial charge in [-0.05, 0) is 42.0 Å². The molecule has 0 aromatic heterocycles. The minimum atomic E-state index is 0.177. The van der Waals surface area contributed by atoms with Gasteiger partial charge in [0, 0.05) is 0 Å². The summed E-state index contributed by atoms with van der Waals surface area (Å²) in [6, 6.07) is 8.00. The van der Waals surface area contributed by atoms with Crippen LogP contribution in [0.1, 0.15) is 37.7 Å². The first-order chi connectivity index (χ1) is 8.83. The topological polar surface area (TPSA) is 29.5 Å². The molecule has 0 bridgehead atoms. The third-order valence-electron chi connectivity index (χ3n) is 3.78. The number of methoxy groups -OCH3 is 1. The van der Waals surface area contributed by atoms with Gasteiger partial charge in [0.05, 0.1) is 13.7 Å². The maximum absolute atomic E-state index is 9.55. The Hall–Kier alpha value is -1.28. The van der Waals surface area contributed by atoms with E-state index in [0.717, 1.165) is 11.3 Å². The maximum atomic E-state index is 9.55. The van der Waals surface area contributed by atoms with Crippen LogP contribution in [0.5, 0.6) is 5.75 Å². The van der Waals surface area contributed by atoms with Gasteiger partial charge < -0.3 is 9.84 Å².